The molecule has 3 aromatic rings. The smallest absolute Gasteiger partial charge is 0.268 e. The molecule has 3 heterocycles. The summed E-state index contributed by atoms with van der Waals surface area (Å²) in [7, 11) is 0. The van der Waals surface area contributed by atoms with Gasteiger partial charge in [0.2, 0.25) is 11.8 Å². The lowest BCUT2D eigenvalue weighted by Gasteiger charge is -2.18. The van der Waals surface area contributed by atoms with Gasteiger partial charge in [0.1, 0.15) is 6.04 Å². The highest BCUT2D eigenvalue weighted by molar-refractivity contribution is 6.08. The number of carbonyl (C=O) groups is 2. The molecule has 1 atom stereocenters. The highest BCUT2D eigenvalue weighted by Crippen LogP contribution is 2.32. The first-order valence-electron chi connectivity index (χ1n) is 11.3. The molecule has 0 radical (unpaired) electrons. The maximum atomic E-state index is 13.7. The van der Waals surface area contributed by atoms with E-state index in [2.05, 4.69) is 9.97 Å². The molecular weight excluding hydrogens is 454 g/mol. The summed E-state index contributed by atoms with van der Waals surface area (Å²) in [6.45, 7) is 3.04. The molecule has 0 bridgehead atoms. The minimum Gasteiger partial charge on any atom is -0.475 e. The van der Waals surface area contributed by atoms with Crippen LogP contribution >= 0.6 is 0 Å². The first-order chi connectivity index (χ1) is 16.7. The van der Waals surface area contributed by atoms with Gasteiger partial charge in [-0.1, -0.05) is 6.07 Å². The summed E-state index contributed by atoms with van der Waals surface area (Å²) in [6.07, 6.45) is 2.12. The number of nitriles is 1. The molecule has 1 aromatic carbocycles. The zero-order valence-electron chi connectivity index (χ0n) is 19.4. The van der Waals surface area contributed by atoms with E-state index >= 15 is 0 Å². The maximum Gasteiger partial charge on any atom is 0.268 e. The number of rotatable bonds is 7. The van der Waals surface area contributed by atoms with E-state index in [9.17, 15) is 18.4 Å². The quantitative estimate of drug-likeness (QED) is 0.453. The van der Waals surface area contributed by atoms with Crippen LogP contribution in [-0.2, 0) is 4.79 Å². The van der Waals surface area contributed by atoms with E-state index in [1.54, 1.807) is 30.5 Å². The molecule has 4 rings (SSSR count). The number of pyridine rings is 2. The van der Waals surface area contributed by atoms with E-state index in [-0.39, 0.29) is 24.7 Å². The predicted molar refractivity (Wildman–Crippen MR) is 125 cm³/mol. The zero-order chi connectivity index (χ0) is 25.2. The van der Waals surface area contributed by atoms with Crippen LogP contribution < -0.4 is 4.74 Å². The molecule has 9 heteroatoms. The second kappa shape index (κ2) is 9.74. The van der Waals surface area contributed by atoms with Gasteiger partial charge in [-0.15, -0.1) is 0 Å². The van der Waals surface area contributed by atoms with Crippen molar-refractivity contribution in [3.63, 3.8) is 0 Å². The second-order valence-corrected chi connectivity index (χ2v) is 8.79. The van der Waals surface area contributed by atoms with Crippen molar-refractivity contribution in [1.82, 2.24) is 14.9 Å². The Hall–Kier alpha value is -3.93. The number of aromatic nitrogens is 2. The van der Waals surface area contributed by atoms with Crippen molar-refractivity contribution in [2.45, 2.75) is 51.2 Å². The number of halogens is 2. The number of ketones is 1. The first-order valence-corrected chi connectivity index (χ1v) is 11.3. The lowest BCUT2D eigenvalue weighted by Crippen LogP contribution is -2.36. The minimum atomic E-state index is -3.09. The van der Waals surface area contributed by atoms with Crippen LogP contribution in [0.1, 0.15) is 43.5 Å². The number of fused-ring (bicyclic) bond motifs is 1. The van der Waals surface area contributed by atoms with Crippen LogP contribution in [0.25, 0.3) is 22.0 Å². The number of Topliss-reactive ketones (excluding diaryl/α,β-unsaturated/α-hetero) is 1. The summed E-state index contributed by atoms with van der Waals surface area (Å²) >= 11 is 0. The van der Waals surface area contributed by atoms with E-state index < -0.39 is 30.8 Å². The Kier molecular flexibility index (Phi) is 6.74. The average Bonchev–Trinajstić information content (AvgIpc) is 3.16. The Morgan fingerprint density at radius 1 is 1.17 bits per heavy atom. The van der Waals surface area contributed by atoms with Gasteiger partial charge in [0, 0.05) is 54.2 Å². The number of hydrogen-bond acceptors (Lipinski definition) is 6. The fourth-order valence-electron chi connectivity index (χ4n) is 4.12. The van der Waals surface area contributed by atoms with Gasteiger partial charge in [0.15, 0.2) is 5.78 Å². The van der Waals surface area contributed by atoms with Crippen molar-refractivity contribution in [2.75, 3.05) is 6.54 Å². The van der Waals surface area contributed by atoms with E-state index in [1.165, 1.54) is 6.20 Å². The third-order valence-corrected chi connectivity index (χ3v) is 5.77. The Labute approximate surface area is 201 Å². The molecule has 180 valence electrons. The Morgan fingerprint density at radius 3 is 2.63 bits per heavy atom. The van der Waals surface area contributed by atoms with E-state index in [0.717, 1.165) is 16.0 Å². The molecule has 1 aliphatic rings. The van der Waals surface area contributed by atoms with Gasteiger partial charge < -0.3 is 9.64 Å². The molecular formula is C26H24F2N4O3. The van der Waals surface area contributed by atoms with Gasteiger partial charge >= 0.3 is 0 Å². The van der Waals surface area contributed by atoms with Gasteiger partial charge in [-0.05, 0) is 43.7 Å². The fraction of sp³-hybridized carbons (Fsp3) is 0.346. The average molecular weight is 478 g/mol. The Morgan fingerprint density at radius 2 is 1.94 bits per heavy atom. The molecule has 0 N–H and O–H groups in total. The number of hydrogen-bond donors (Lipinski definition) is 0. The van der Waals surface area contributed by atoms with Crippen LogP contribution in [0, 0.1) is 11.3 Å². The van der Waals surface area contributed by atoms with E-state index in [4.69, 9.17) is 10.00 Å². The number of nitrogens with zero attached hydrogens (tertiary/aromatic N) is 4. The molecule has 0 spiro atoms. The first kappa shape index (κ1) is 24.2. The zero-order valence-corrected chi connectivity index (χ0v) is 19.4. The second-order valence-electron chi connectivity index (χ2n) is 8.79. The number of amides is 1. The molecule has 35 heavy (non-hydrogen) atoms. The van der Waals surface area contributed by atoms with Crippen molar-refractivity contribution < 1.29 is 23.1 Å². The predicted octanol–water partition coefficient (Wildman–Crippen LogP) is 4.81. The molecule has 2 aromatic heterocycles. The summed E-state index contributed by atoms with van der Waals surface area (Å²) in [5, 5.41) is 9.72. The Balaban J connectivity index is 1.52. The third-order valence-electron chi connectivity index (χ3n) is 5.77. The van der Waals surface area contributed by atoms with Crippen molar-refractivity contribution in [2.24, 2.45) is 0 Å². The fourth-order valence-corrected chi connectivity index (χ4v) is 4.12. The number of ether oxygens (including phenoxy) is 1. The topological polar surface area (TPSA) is 96.2 Å². The molecule has 1 fully saturated rings. The SMILES string of the molecule is CC(C)Oc1ccc(-c2ccc3nccc(C(=O)CCC(=O)N4CC(F)(F)C[C@H]4C#N)c3c2)cn1. The van der Waals surface area contributed by atoms with Crippen molar-refractivity contribution in [3.8, 4) is 23.1 Å². The summed E-state index contributed by atoms with van der Waals surface area (Å²) < 4.78 is 32.9. The van der Waals surface area contributed by atoms with Crippen LogP contribution in [0.15, 0.2) is 48.8 Å². The lowest BCUT2D eigenvalue weighted by atomic mass is 9.98. The van der Waals surface area contributed by atoms with Crippen LogP contribution in [0.2, 0.25) is 0 Å². The summed E-state index contributed by atoms with van der Waals surface area (Å²) in [5.74, 6) is -3.51. The highest BCUT2D eigenvalue weighted by Gasteiger charge is 2.47. The van der Waals surface area contributed by atoms with Crippen molar-refractivity contribution in [3.05, 3.63) is 54.4 Å². The van der Waals surface area contributed by atoms with Gasteiger partial charge in [-0.25, -0.2) is 13.8 Å². The molecule has 0 aliphatic carbocycles. The molecule has 1 saturated heterocycles. The van der Waals surface area contributed by atoms with Gasteiger partial charge in [0.25, 0.3) is 5.92 Å². The standard InChI is InChI=1S/C26H24F2N4O3/c1-16(2)35-24-7-4-18(14-31-24)17-3-5-22-21(11-17)20(9-10-30-22)23(33)6-8-25(34)32-15-26(27,28)12-19(32)13-29/h3-5,7,9-11,14,16,19H,6,8,12,15H2,1-2H3/t19-/m0/s1. The molecule has 1 aliphatic heterocycles. The highest BCUT2D eigenvalue weighted by atomic mass is 19.3. The van der Waals surface area contributed by atoms with E-state index in [0.29, 0.717) is 22.3 Å². The van der Waals surface area contributed by atoms with Gasteiger partial charge in [0.05, 0.1) is 24.2 Å². The third kappa shape index (κ3) is 5.43. The summed E-state index contributed by atoms with van der Waals surface area (Å²) in [4.78, 5) is 35.0. The maximum absolute atomic E-state index is 13.7. The monoisotopic (exact) mass is 478 g/mol. The summed E-state index contributed by atoms with van der Waals surface area (Å²) in [6, 6.07) is 11.3. The van der Waals surface area contributed by atoms with Crippen LogP contribution in [0.5, 0.6) is 5.88 Å². The molecule has 0 unspecified atom stereocenters. The molecule has 1 amide bonds. The normalized spacial score (nSPS) is 16.9. The van der Waals surface area contributed by atoms with Gasteiger partial charge in [-0.3, -0.25) is 14.6 Å². The van der Waals surface area contributed by atoms with Crippen LogP contribution in [0.4, 0.5) is 8.78 Å². The molecule has 0 saturated carbocycles. The molecule has 7 nitrogen and oxygen atoms in total. The Bertz CT molecular complexity index is 1300. The van der Waals surface area contributed by atoms with Crippen LogP contribution in [0.3, 0.4) is 0 Å². The number of alkyl halides is 2. The minimum absolute atomic E-state index is 0.00768. The van der Waals surface area contributed by atoms with Gasteiger partial charge in [-0.2, -0.15) is 5.26 Å². The number of benzene rings is 1. The van der Waals surface area contributed by atoms with Crippen LogP contribution in [-0.4, -0.2) is 51.2 Å². The van der Waals surface area contributed by atoms with Crippen molar-refractivity contribution in [1.29, 1.82) is 5.26 Å². The number of carbonyl (C=O) groups excluding carboxylic acids is 2. The summed E-state index contributed by atoms with van der Waals surface area (Å²) in [5.41, 5.74) is 2.66. The van der Waals surface area contributed by atoms with Crippen molar-refractivity contribution >= 4 is 22.6 Å². The number of likely N-dealkylation sites (tertiary alicyclic amines) is 1. The lowest BCUT2D eigenvalue weighted by molar-refractivity contribution is -0.132. The largest absolute Gasteiger partial charge is 0.475 e. The van der Waals surface area contributed by atoms with E-state index in [1.807, 2.05) is 32.0 Å².